The molecule has 3 heterocycles. The summed E-state index contributed by atoms with van der Waals surface area (Å²) in [5.41, 5.74) is 3.26. The quantitative estimate of drug-likeness (QED) is 0.181. The molecule has 0 bridgehead atoms. The fourth-order valence-electron chi connectivity index (χ4n) is 4.08. The van der Waals surface area contributed by atoms with Crippen molar-refractivity contribution >= 4 is 50.8 Å². The van der Waals surface area contributed by atoms with Gasteiger partial charge in [0, 0.05) is 36.8 Å². The molecule has 0 fully saturated rings. The first-order valence-electron chi connectivity index (χ1n) is 11.1. The molecule has 1 aliphatic rings. The zero-order valence-corrected chi connectivity index (χ0v) is 19.5. The van der Waals surface area contributed by atoms with E-state index in [1.807, 2.05) is 35.2 Å². The van der Waals surface area contributed by atoms with Crippen molar-refractivity contribution in [1.82, 2.24) is 24.9 Å². The summed E-state index contributed by atoms with van der Waals surface area (Å²) < 4.78 is 23.1. The molecule has 6 N–H and O–H groups in total. The van der Waals surface area contributed by atoms with Crippen LogP contribution in [0.15, 0.2) is 59.8 Å². The molecule has 0 unspecified atom stereocenters. The molecule has 1 aliphatic heterocycles. The van der Waals surface area contributed by atoms with Gasteiger partial charge in [-0.3, -0.25) is 19.0 Å². The van der Waals surface area contributed by atoms with Crippen LogP contribution in [-0.2, 0) is 11.3 Å². The number of aliphatic carboxylic acids is 1. The van der Waals surface area contributed by atoms with Crippen molar-refractivity contribution in [3.63, 3.8) is 0 Å². The number of benzene rings is 2. The SMILES string of the molecule is O=C(O)CCCCN(c1ccnc(Nc2ccc3c(c2)S(O)(O)NC3)n1)c1cccc2[nH]ncc12. The van der Waals surface area contributed by atoms with Crippen molar-refractivity contribution in [1.29, 1.82) is 0 Å². The first-order valence-corrected chi connectivity index (χ1v) is 12.6. The normalized spacial score (nSPS) is 15.0. The van der Waals surface area contributed by atoms with Crippen LogP contribution in [0.4, 0.5) is 23.1 Å². The molecule has 0 radical (unpaired) electrons. The summed E-state index contributed by atoms with van der Waals surface area (Å²) >= 11 is 0. The van der Waals surface area contributed by atoms with Crippen LogP contribution in [0.5, 0.6) is 0 Å². The van der Waals surface area contributed by atoms with Crippen molar-refractivity contribution in [3.05, 3.63) is 60.4 Å². The number of carboxylic acids is 1. The van der Waals surface area contributed by atoms with Crippen LogP contribution in [0.3, 0.4) is 0 Å². The highest BCUT2D eigenvalue weighted by atomic mass is 32.3. The molecule has 0 amide bonds. The fraction of sp³-hybridized carbons (Fsp3) is 0.217. The summed E-state index contributed by atoms with van der Waals surface area (Å²) in [4.78, 5) is 22.5. The van der Waals surface area contributed by atoms with Gasteiger partial charge in [-0.25, -0.2) is 9.71 Å². The minimum atomic E-state index is -3.00. The highest BCUT2D eigenvalue weighted by Crippen LogP contribution is 2.51. The molecule has 5 rings (SSSR count). The molecule has 12 heteroatoms. The predicted octanol–water partition coefficient (Wildman–Crippen LogP) is 4.62. The van der Waals surface area contributed by atoms with Crippen LogP contribution in [0.25, 0.3) is 10.9 Å². The Labute approximate surface area is 202 Å². The molecule has 35 heavy (non-hydrogen) atoms. The third-order valence-corrected chi connectivity index (χ3v) is 7.33. The number of nitrogens with zero attached hydrogens (tertiary/aromatic N) is 4. The Morgan fingerprint density at radius 1 is 1.17 bits per heavy atom. The number of fused-ring (bicyclic) bond motifs is 2. The van der Waals surface area contributed by atoms with Crippen molar-refractivity contribution < 1.29 is 19.0 Å². The zero-order valence-electron chi connectivity index (χ0n) is 18.7. The first-order chi connectivity index (χ1) is 16.9. The molecule has 0 saturated carbocycles. The minimum Gasteiger partial charge on any atom is -0.481 e. The molecule has 0 spiro atoms. The van der Waals surface area contributed by atoms with E-state index in [1.54, 1.807) is 24.5 Å². The lowest BCUT2D eigenvalue weighted by Crippen LogP contribution is -2.20. The number of carboxylic acid groups (broad SMARTS) is 1. The van der Waals surface area contributed by atoms with Crippen LogP contribution in [0.1, 0.15) is 24.8 Å². The lowest BCUT2D eigenvalue weighted by molar-refractivity contribution is -0.137. The van der Waals surface area contributed by atoms with E-state index in [2.05, 4.69) is 25.2 Å². The number of H-pyrrole nitrogens is 1. The molecule has 0 saturated heterocycles. The number of unbranched alkanes of at least 4 members (excludes halogenated alkanes) is 1. The Kier molecular flexibility index (Phi) is 6.26. The molecule has 182 valence electrons. The Morgan fingerprint density at radius 3 is 2.91 bits per heavy atom. The number of aromatic amines is 1. The summed E-state index contributed by atoms with van der Waals surface area (Å²) in [6.07, 6.45) is 4.70. The lowest BCUT2D eigenvalue weighted by atomic mass is 10.1. The van der Waals surface area contributed by atoms with E-state index in [4.69, 9.17) is 10.1 Å². The number of anilines is 4. The van der Waals surface area contributed by atoms with E-state index in [0.29, 0.717) is 48.3 Å². The van der Waals surface area contributed by atoms with E-state index < -0.39 is 16.7 Å². The standard InChI is InChI=1S/C23H25N7O4S/c31-22(32)6-1-2-11-30(19-5-3-4-18-17(19)14-25-29-18)21-9-10-24-23(28-21)27-16-8-7-15-13-26-35(33,34)20(15)12-16/h3-5,7-10,12,14,26,33-34H,1-2,6,11,13H2,(H,25,29)(H,31,32)(H,24,27,28). The molecule has 4 aromatic rings. The van der Waals surface area contributed by atoms with Gasteiger partial charge in [-0.1, -0.05) is 12.1 Å². The maximum atomic E-state index is 11.0. The first kappa shape index (κ1) is 23.1. The molecular weight excluding hydrogens is 470 g/mol. The number of hydrogen-bond donors (Lipinski definition) is 6. The fourth-order valence-corrected chi connectivity index (χ4v) is 5.39. The van der Waals surface area contributed by atoms with Gasteiger partial charge in [-0.15, -0.1) is 10.8 Å². The number of rotatable bonds is 9. The Bertz CT molecular complexity index is 1380. The van der Waals surface area contributed by atoms with Crippen LogP contribution < -0.4 is 14.9 Å². The van der Waals surface area contributed by atoms with E-state index in [0.717, 1.165) is 22.2 Å². The van der Waals surface area contributed by atoms with Gasteiger partial charge in [0.05, 0.1) is 22.3 Å². The van der Waals surface area contributed by atoms with Gasteiger partial charge in [-0.05, 0) is 48.7 Å². The van der Waals surface area contributed by atoms with Gasteiger partial charge in [0.25, 0.3) is 0 Å². The second-order valence-electron chi connectivity index (χ2n) is 8.17. The second kappa shape index (κ2) is 9.50. The molecule has 0 atom stereocenters. The molecule has 2 aromatic heterocycles. The third kappa shape index (κ3) is 4.91. The summed E-state index contributed by atoms with van der Waals surface area (Å²) in [6, 6.07) is 13.0. The monoisotopic (exact) mass is 495 g/mol. The molecule has 2 aromatic carbocycles. The third-order valence-electron chi connectivity index (χ3n) is 5.79. The summed E-state index contributed by atoms with van der Waals surface area (Å²) in [6.45, 7) is 0.958. The van der Waals surface area contributed by atoms with Crippen molar-refractivity contribution in [2.45, 2.75) is 30.7 Å². The highest BCUT2D eigenvalue weighted by molar-refractivity contribution is 8.22. The zero-order chi connectivity index (χ0) is 24.4. The average Bonchev–Trinajstić information content (AvgIpc) is 3.43. The van der Waals surface area contributed by atoms with Crippen LogP contribution in [0.2, 0.25) is 0 Å². The van der Waals surface area contributed by atoms with Crippen LogP contribution >= 0.6 is 10.8 Å². The van der Waals surface area contributed by atoms with Crippen molar-refractivity contribution in [2.75, 3.05) is 16.8 Å². The number of aromatic nitrogens is 4. The number of nitrogens with one attached hydrogen (secondary N) is 3. The van der Waals surface area contributed by atoms with Gasteiger partial charge in [0.15, 0.2) is 0 Å². The largest absolute Gasteiger partial charge is 0.481 e. The Morgan fingerprint density at radius 2 is 2.06 bits per heavy atom. The lowest BCUT2D eigenvalue weighted by Gasteiger charge is -2.27. The number of carbonyl (C=O) groups is 1. The van der Waals surface area contributed by atoms with Crippen molar-refractivity contribution in [2.24, 2.45) is 0 Å². The van der Waals surface area contributed by atoms with E-state index in [1.165, 1.54) is 0 Å². The van der Waals surface area contributed by atoms with Gasteiger partial charge in [0.1, 0.15) is 5.82 Å². The van der Waals surface area contributed by atoms with Gasteiger partial charge in [0.2, 0.25) is 5.95 Å². The number of hydrogen-bond acceptors (Lipinski definition) is 9. The van der Waals surface area contributed by atoms with Gasteiger partial charge >= 0.3 is 5.97 Å². The Balaban J connectivity index is 1.44. The van der Waals surface area contributed by atoms with E-state index in [9.17, 15) is 13.9 Å². The van der Waals surface area contributed by atoms with E-state index >= 15 is 0 Å². The maximum absolute atomic E-state index is 11.0. The van der Waals surface area contributed by atoms with E-state index in [-0.39, 0.29) is 6.42 Å². The summed E-state index contributed by atoms with van der Waals surface area (Å²) in [5, 5.41) is 20.2. The molecule has 11 nitrogen and oxygen atoms in total. The molecular formula is C23H25N7O4S. The second-order valence-corrected chi connectivity index (χ2v) is 9.99. The van der Waals surface area contributed by atoms with Crippen LogP contribution in [-0.4, -0.2) is 46.9 Å². The van der Waals surface area contributed by atoms with Gasteiger partial charge < -0.3 is 15.3 Å². The maximum Gasteiger partial charge on any atom is 0.303 e. The van der Waals surface area contributed by atoms with Crippen LogP contribution in [0, 0.1) is 0 Å². The average molecular weight is 496 g/mol. The van der Waals surface area contributed by atoms with Gasteiger partial charge in [-0.2, -0.15) is 10.1 Å². The summed E-state index contributed by atoms with van der Waals surface area (Å²) in [7, 11) is -3.00. The van der Waals surface area contributed by atoms with Crippen molar-refractivity contribution in [3.8, 4) is 0 Å². The summed E-state index contributed by atoms with van der Waals surface area (Å²) in [5.74, 6) is 0.168. The minimum absolute atomic E-state index is 0.104. The Hall–Kier alpha value is -3.71. The topological polar surface area (TPSA) is 160 Å². The highest BCUT2D eigenvalue weighted by Gasteiger charge is 2.26. The smallest absolute Gasteiger partial charge is 0.303 e. The molecule has 0 aliphatic carbocycles. The predicted molar refractivity (Wildman–Crippen MR) is 134 cm³/mol.